The van der Waals surface area contributed by atoms with Crippen LogP contribution in [0.2, 0.25) is 0 Å². The molecule has 2 heterocycles. The zero-order valence-electron chi connectivity index (χ0n) is 8.95. The van der Waals surface area contributed by atoms with Crippen LogP contribution in [0.3, 0.4) is 0 Å². The van der Waals surface area contributed by atoms with E-state index in [4.69, 9.17) is 0 Å². The average molecular weight is 223 g/mol. The van der Waals surface area contributed by atoms with E-state index in [0.29, 0.717) is 11.2 Å². The maximum atomic E-state index is 10.7. The Labute approximate surface area is 97.5 Å². The first-order valence-electron chi connectivity index (χ1n) is 5.24. The van der Waals surface area contributed by atoms with Crippen LogP contribution in [-0.4, -0.2) is 20.9 Å². The van der Waals surface area contributed by atoms with E-state index in [-0.39, 0.29) is 0 Å². The molecular weight excluding hydrogens is 214 g/mol. The predicted octanol–water partition coefficient (Wildman–Crippen LogP) is 2.21. The molecule has 2 aromatic heterocycles. The van der Waals surface area contributed by atoms with E-state index >= 15 is 0 Å². The third-order valence-corrected chi connectivity index (χ3v) is 2.60. The molecule has 0 saturated carbocycles. The van der Waals surface area contributed by atoms with Gasteiger partial charge in [0.1, 0.15) is 6.29 Å². The number of nitrogens with zero attached hydrogens (tertiary/aromatic N) is 3. The number of hydrogen-bond donors (Lipinski definition) is 0. The summed E-state index contributed by atoms with van der Waals surface area (Å²) in [6.07, 6.45) is 2.61. The SMILES string of the molecule is O=Cc1ccn2c(-c3ccccc3)nnc2c1. The molecule has 0 spiro atoms. The van der Waals surface area contributed by atoms with Crippen LogP contribution in [0.15, 0.2) is 48.7 Å². The third kappa shape index (κ3) is 1.59. The molecule has 0 bridgehead atoms. The highest BCUT2D eigenvalue weighted by molar-refractivity contribution is 5.77. The molecule has 0 saturated heterocycles. The van der Waals surface area contributed by atoms with E-state index in [1.54, 1.807) is 18.3 Å². The summed E-state index contributed by atoms with van der Waals surface area (Å²) in [6.45, 7) is 0. The van der Waals surface area contributed by atoms with E-state index in [2.05, 4.69) is 10.2 Å². The number of aromatic nitrogens is 3. The van der Waals surface area contributed by atoms with Gasteiger partial charge in [-0.1, -0.05) is 30.3 Å². The van der Waals surface area contributed by atoms with Gasteiger partial charge in [0.05, 0.1) is 0 Å². The fourth-order valence-corrected chi connectivity index (χ4v) is 1.76. The van der Waals surface area contributed by atoms with Gasteiger partial charge in [0.2, 0.25) is 0 Å². The Bertz CT molecular complexity index is 673. The van der Waals surface area contributed by atoms with Gasteiger partial charge < -0.3 is 0 Å². The standard InChI is InChI=1S/C13H9N3O/c17-9-10-6-7-16-12(8-10)14-15-13(16)11-4-2-1-3-5-11/h1-9H. The minimum atomic E-state index is 0.601. The maximum absolute atomic E-state index is 10.7. The van der Waals surface area contributed by atoms with Crippen LogP contribution in [0.1, 0.15) is 10.4 Å². The second-order valence-electron chi connectivity index (χ2n) is 3.70. The summed E-state index contributed by atoms with van der Waals surface area (Å²) in [6, 6.07) is 13.3. The number of rotatable bonds is 2. The number of carbonyl (C=O) groups is 1. The van der Waals surface area contributed by atoms with Crippen molar-refractivity contribution in [1.82, 2.24) is 14.6 Å². The molecule has 1 aromatic carbocycles. The maximum Gasteiger partial charge on any atom is 0.168 e. The summed E-state index contributed by atoms with van der Waals surface area (Å²) < 4.78 is 1.86. The lowest BCUT2D eigenvalue weighted by atomic mass is 10.2. The van der Waals surface area contributed by atoms with E-state index in [0.717, 1.165) is 17.7 Å². The van der Waals surface area contributed by atoms with Gasteiger partial charge in [0.15, 0.2) is 11.5 Å². The first kappa shape index (κ1) is 9.72. The van der Waals surface area contributed by atoms with Crippen LogP contribution in [0.5, 0.6) is 0 Å². The number of pyridine rings is 1. The second kappa shape index (κ2) is 3.83. The number of fused-ring (bicyclic) bond motifs is 1. The summed E-state index contributed by atoms with van der Waals surface area (Å²) in [5.41, 5.74) is 2.27. The lowest BCUT2D eigenvalue weighted by Gasteiger charge is -1.99. The van der Waals surface area contributed by atoms with E-state index < -0.39 is 0 Å². The zero-order chi connectivity index (χ0) is 11.7. The van der Waals surface area contributed by atoms with Gasteiger partial charge in [-0.05, 0) is 12.1 Å². The van der Waals surface area contributed by atoms with E-state index in [1.165, 1.54) is 0 Å². The van der Waals surface area contributed by atoms with Gasteiger partial charge in [-0.25, -0.2) is 0 Å². The Morgan fingerprint density at radius 3 is 2.65 bits per heavy atom. The Kier molecular flexibility index (Phi) is 2.19. The molecule has 82 valence electrons. The van der Waals surface area contributed by atoms with Crippen molar-refractivity contribution >= 4 is 11.9 Å². The molecule has 0 N–H and O–H groups in total. The smallest absolute Gasteiger partial charge is 0.168 e. The molecule has 17 heavy (non-hydrogen) atoms. The van der Waals surface area contributed by atoms with Crippen molar-refractivity contribution in [1.29, 1.82) is 0 Å². The lowest BCUT2D eigenvalue weighted by molar-refractivity contribution is 0.112. The number of hydrogen-bond acceptors (Lipinski definition) is 3. The first-order chi connectivity index (χ1) is 8.38. The Morgan fingerprint density at radius 1 is 1.06 bits per heavy atom. The topological polar surface area (TPSA) is 47.3 Å². The minimum absolute atomic E-state index is 0.601. The fraction of sp³-hybridized carbons (Fsp3) is 0. The average Bonchev–Trinajstić information content (AvgIpc) is 2.82. The molecule has 0 unspecified atom stereocenters. The monoisotopic (exact) mass is 223 g/mol. The van der Waals surface area contributed by atoms with Crippen LogP contribution in [0.25, 0.3) is 17.0 Å². The summed E-state index contributed by atoms with van der Waals surface area (Å²) in [4.78, 5) is 10.7. The number of benzene rings is 1. The lowest BCUT2D eigenvalue weighted by Crippen LogP contribution is -1.90. The Balaban J connectivity index is 2.22. The fourth-order valence-electron chi connectivity index (χ4n) is 1.76. The van der Waals surface area contributed by atoms with Crippen LogP contribution >= 0.6 is 0 Å². The zero-order valence-corrected chi connectivity index (χ0v) is 8.95. The minimum Gasteiger partial charge on any atom is -0.298 e. The van der Waals surface area contributed by atoms with Gasteiger partial charge in [-0.2, -0.15) is 0 Å². The van der Waals surface area contributed by atoms with Crippen LogP contribution in [0.4, 0.5) is 0 Å². The third-order valence-electron chi connectivity index (χ3n) is 2.60. The number of carbonyl (C=O) groups excluding carboxylic acids is 1. The summed E-state index contributed by atoms with van der Waals surface area (Å²) >= 11 is 0. The highest BCUT2D eigenvalue weighted by Crippen LogP contribution is 2.17. The Hall–Kier alpha value is -2.49. The molecule has 0 amide bonds. The van der Waals surface area contributed by atoms with Gasteiger partial charge in [0, 0.05) is 17.3 Å². The summed E-state index contributed by atoms with van der Waals surface area (Å²) in [7, 11) is 0. The van der Waals surface area contributed by atoms with Crippen molar-refractivity contribution in [2.45, 2.75) is 0 Å². The quantitative estimate of drug-likeness (QED) is 0.626. The van der Waals surface area contributed by atoms with Gasteiger partial charge >= 0.3 is 0 Å². The predicted molar refractivity (Wildman–Crippen MR) is 63.8 cm³/mol. The van der Waals surface area contributed by atoms with Crippen LogP contribution < -0.4 is 0 Å². The van der Waals surface area contributed by atoms with Crippen molar-refractivity contribution in [2.75, 3.05) is 0 Å². The molecule has 3 rings (SSSR count). The molecule has 3 aromatic rings. The van der Waals surface area contributed by atoms with Gasteiger partial charge in [-0.3, -0.25) is 9.20 Å². The van der Waals surface area contributed by atoms with Crippen LogP contribution in [-0.2, 0) is 0 Å². The van der Waals surface area contributed by atoms with Crippen molar-refractivity contribution < 1.29 is 4.79 Å². The molecule has 4 nitrogen and oxygen atoms in total. The molecule has 0 radical (unpaired) electrons. The van der Waals surface area contributed by atoms with Gasteiger partial charge in [0.25, 0.3) is 0 Å². The molecular formula is C13H9N3O. The van der Waals surface area contributed by atoms with E-state index in [1.807, 2.05) is 34.7 Å². The molecule has 0 atom stereocenters. The second-order valence-corrected chi connectivity index (χ2v) is 3.70. The van der Waals surface area contributed by atoms with Crippen LogP contribution in [0, 0.1) is 0 Å². The van der Waals surface area contributed by atoms with Crippen molar-refractivity contribution in [3.05, 3.63) is 54.2 Å². The number of aldehydes is 1. The molecule has 0 aliphatic carbocycles. The Morgan fingerprint density at radius 2 is 1.88 bits per heavy atom. The highest BCUT2D eigenvalue weighted by atomic mass is 16.1. The molecule has 4 heteroatoms. The van der Waals surface area contributed by atoms with Crippen molar-refractivity contribution in [2.24, 2.45) is 0 Å². The van der Waals surface area contributed by atoms with Crippen molar-refractivity contribution in [3.63, 3.8) is 0 Å². The molecule has 0 fully saturated rings. The van der Waals surface area contributed by atoms with Gasteiger partial charge in [-0.15, -0.1) is 10.2 Å². The van der Waals surface area contributed by atoms with E-state index in [9.17, 15) is 4.79 Å². The normalized spacial score (nSPS) is 10.6. The highest BCUT2D eigenvalue weighted by Gasteiger charge is 2.07. The van der Waals surface area contributed by atoms with Crippen molar-refractivity contribution in [3.8, 4) is 11.4 Å². The summed E-state index contributed by atoms with van der Waals surface area (Å²) in [5, 5.41) is 8.20. The summed E-state index contributed by atoms with van der Waals surface area (Å²) in [5.74, 6) is 0.776. The largest absolute Gasteiger partial charge is 0.298 e. The first-order valence-corrected chi connectivity index (χ1v) is 5.24. The molecule has 0 aliphatic heterocycles. The molecule has 0 aliphatic rings.